The van der Waals surface area contributed by atoms with Gasteiger partial charge in [0.05, 0.1) is 23.4 Å². The van der Waals surface area contributed by atoms with E-state index in [9.17, 15) is 9.59 Å². The zero-order valence-electron chi connectivity index (χ0n) is 17.0. The van der Waals surface area contributed by atoms with Crippen molar-refractivity contribution in [1.82, 2.24) is 9.88 Å². The number of benzene rings is 1. The Bertz CT molecular complexity index is 1060. The first kappa shape index (κ1) is 20.2. The van der Waals surface area contributed by atoms with Crippen molar-refractivity contribution in [2.24, 2.45) is 0 Å². The number of nitrogens with one attached hydrogen (secondary N) is 2. The number of hydrogen-bond acceptors (Lipinski definition) is 6. The van der Waals surface area contributed by atoms with Gasteiger partial charge in [-0.3, -0.25) is 4.79 Å². The number of rotatable bonds is 5. The highest BCUT2D eigenvalue weighted by atomic mass is 32.1. The van der Waals surface area contributed by atoms with Crippen molar-refractivity contribution < 1.29 is 14.3 Å². The molecule has 0 aliphatic carbocycles. The van der Waals surface area contributed by atoms with E-state index in [-0.39, 0.29) is 18.0 Å². The lowest BCUT2D eigenvalue weighted by atomic mass is 10.2. The molecular formula is C22H24N4O3S. The number of ether oxygens (including phenoxy) is 1. The fraction of sp³-hybridized carbons (Fsp3) is 0.318. The molecule has 1 saturated heterocycles. The van der Waals surface area contributed by atoms with Gasteiger partial charge in [-0.15, -0.1) is 11.3 Å². The molecule has 2 N–H and O–H groups in total. The molecule has 2 amide bonds. The Balaban J connectivity index is 1.34. The number of aromatic nitrogens is 1. The summed E-state index contributed by atoms with van der Waals surface area (Å²) in [7, 11) is 0. The van der Waals surface area contributed by atoms with Crippen LogP contribution >= 0.6 is 11.3 Å². The first-order valence-corrected chi connectivity index (χ1v) is 10.8. The van der Waals surface area contributed by atoms with Gasteiger partial charge < -0.3 is 20.3 Å². The standard InChI is InChI=1S/C22H24N4O3S/c1-3-29-22(28)26-9-8-17(13-26)24-20-7-5-16(12-23-20)25-21(27)19-11-15-10-14(2)4-6-18(15)30-19/h4-7,10-12,17H,3,8-9,13H2,1-2H3,(H,23,24)(H,25,27). The smallest absolute Gasteiger partial charge is 0.409 e. The highest BCUT2D eigenvalue weighted by Crippen LogP contribution is 2.27. The molecule has 3 aromatic rings. The summed E-state index contributed by atoms with van der Waals surface area (Å²) in [6, 6.07) is 11.9. The first-order valence-electron chi connectivity index (χ1n) is 9.97. The van der Waals surface area contributed by atoms with Gasteiger partial charge in [0, 0.05) is 23.8 Å². The average molecular weight is 425 g/mol. The Kier molecular flexibility index (Phi) is 5.85. The number of thiophene rings is 1. The molecular weight excluding hydrogens is 400 g/mol. The molecule has 1 unspecified atom stereocenters. The second kappa shape index (κ2) is 8.71. The van der Waals surface area contributed by atoms with E-state index in [4.69, 9.17) is 4.74 Å². The quantitative estimate of drug-likeness (QED) is 0.630. The average Bonchev–Trinajstić information content (AvgIpc) is 3.36. The molecule has 30 heavy (non-hydrogen) atoms. The predicted molar refractivity (Wildman–Crippen MR) is 119 cm³/mol. The molecule has 1 aliphatic rings. The molecule has 1 aromatic carbocycles. The number of fused-ring (bicyclic) bond motifs is 1. The summed E-state index contributed by atoms with van der Waals surface area (Å²) in [4.78, 5) is 31.2. The summed E-state index contributed by atoms with van der Waals surface area (Å²) >= 11 is 1.48. The minimum absolute atomic E-state index is 0.129. The van der Waals surface area contributed by atoms with E-state index >= 15 is 0 Å². The number of anilines is 2. The Hall–Kier alpha value is -3.13. The summed E-state index contributed by atoms with van der Waals surface area (Å²) in [5.41, 5.74) is 1.81. The molecule has 1 aliphatic heterocycles. The van der Waals surface area contributed by atoms with Gasteiger partial charge >= 0.3 is 6.09 Å². The number of nitrogens with zero attached hydrogens (tertiary/aromatic N) is 2. The van der Waals surface area contributed by atoms with Crippen LogP contribution in [-0.4, -0.2) is 47.6 Å². The molecule has 0 saturated carbocycles. The number of carbonyl (C=O) groups excluding carboxylic acids is 2. The van der Waals surface area contributed by atoms with Crippen LogP contribution in [0.4, 0.5) is 16.3 Å². The minimum atomic E-state index is -0.274. The van der Waals surface area contributed by atoms with Crippen LogP contribution in [0.1, 0.15) is 28.6 Å². The number of amides is 2. The first-order chi connectivity index (χ1) is 14.5. The fourth-order valence-electron chi connectivity index (χ4n) is 3.49. The molecule has 0 bridgehead atoms. The third kappa shape index (κ3) is 4.54. The molecule has 0 radical (unpaired) electrons. The topological polar surface area (TPSA) is 83.6 Å². The lowest BCUT2D eigenvalue weighted by molar-refractivity contribution is 0.103. The van der Waals surface area contributed by atoms with E-state index in [0.717, 1.165) is 16.5 Å². The SMILES string of the molecule is CCOC(=O)N1CCC(Nc2ccc(NC(=O)c3cc4cc(C)ccc4s3)cn2)C1. The van der Waals surface area contributed by atoms with E-state index in [0.29, 0.717) is 36.1 Å². The van der Waals surface area contributed by atoms with E-state index in [1.807, 2.05) is 37.3 Å². The highest BCUT2D eigenvalue weighted by Gasteiger charge is 2.27. The zero-order chi connectivity index (χ0) is 21.1. The molecule has 4 rings (SSSR count). The predicted octanol–water partition coefficient (Wildman–Crippen LogP) is 4.50. The highest BCUT2D eigenvalue weighted by molar-refractivity contribution is 7.20. The molecule has 156 valence electrons. The molecule has 2 aromatic heterocycles. The van der Waals surface area contributed by atoms with Gasteiger partial charge in [-0.1, -0.05) is 17.7 Å². The second-order valence-corrected chi connectivity index (χ2v) is 8.40. The molecule has 1 atom stereocenters. The van der Waals surface area contributed by atoms with Crippen molar-refractivity contribution in [3.63, 3.8) is 0 Å². The van der Waals surface area contributed by atoms with E-state index in [2.05, 4.69) is 21.7 Å². The molecule has 7 nitrogen and oxygen atoms in total. The van der Waals surface area contributed by atoms with Crippen LogP contribution in [0, 0.1) is 6.92 Å². The summed E-state index contributed by atoms with van der Waals surface area (Å²) in [6.45, 7) is 5.47. The monoisotopic (exact) mass is 424 g/mol. The number of carbonyl (C=O) groups is 2. The zero-order valence-corrected chi connectivity index (χ0v) is 17.8. The molecule has 8 heteroatoms. The third-order valence-corrected chi connectivity index (χ3v) is 6.10. The largest absolute Gasteiger partial charge is 0.450 e. The van der Waals surface area contributed by atoms with Crippen LogP contribution < -0.4 is 10.6 Å². The van der Waals surface area contributed by atoms with Crippen molar-refractivity contribution in [1.29, 1.82) is 0 Å². The fourth-order valence-corrected chi connectivity index (χ4v) is 4.43. The van der Waals surface area contributed by atoms with Gasteiger partial charge in [0.15, 0.2) is 0 Å². The summed E-state index contributed by atoms with van der Waals surface area (Å²) in [5.74, 6) is 0.568. The lowest BCUT2D eigenvalue weighted by Gasteiger charge is -2.16. The van der Waals surface area contributed by atoms with Crippen LogP contribution in [0.15, 0.2) is 42.6 Å². The van der Waals surface area contributed by atoms with Crippen LogP contribution in [0.5, 0.6) is 0 Å². The minimum Gasteiger partial charge on any atom is -0.450 e. The van der Waals surface area contributed by atoms with Gasteiger partial charge in [-0.25, -0.2) is 9.78 Å². The van der Waals surface area contributed by atoms with Crippen LogP contribution in [0.2, 0.25) is 0 Å². The summed E-state index contributed by atoms with van der Waals surface area (Å²) < 4.78 is 6.14. The Morgan fingerprint density at radius 3 is 2.90 bits per heavy atom. The number of hydrogen-bond donors (Lipinski definition) is 2. The maximum atomic E-state index is 12.6. The number of aryl methyl sites for hydroxylation is 1. The maximum Gasteiger partial charge on any atom is 0.409 e. The number of pyridine rings is 1. The molecule has 1 fully saturated rings. The van der Waals surface area contributed by atoms with Crippen LogP contribution in [0.3, 0.4) is 0 Å². The Labute approximate surface area is 179 Å². The van der Waals surface area contributed by atoms with Crippen molar-refractivity contribution in [3.8, 4) is 0 Å². The molecule has 0 spiro atoms. The van der Waals surface area contributed by atoms with Gasteiger partial charge in [0.25, 0.3) is 5.91 Å². The van der Waals surface area contributed by atoms with E-state index in [1.54, 1.807) is 18.0 Å². The van der Waals surface area contributed by atoms with Crippen molar-refractivity contribution >= 4 is 44.9 Å². The van der Waals surface area contributed by atoms with E-state index in [1.165, 1.54) is 16.9 Å². The number of likely N-dealkylation sites (tertiary alicyclic amines) is 1. The van der Waals surface area contributed by atoms with Crippen molar-refractivity contribution in [2.75, 3.05) is 30.3 Å². The second-order valence-electron chi connectivity index (χ2n) is 7.31. The Morgan fingerprint density at radius 1 is 1.27 bits per heavy atom. The summed E-state index contributed by atoms with van der Waals surface area (Å²) in [6.07, 6.45) is 2.20. The molecule has 3 heterocycles. The van der Waals surface area contributed by atoms with Gasteiger partial charge in [0.2, 0.25) is 0 Å². The van der Waals surface area contributed by atoms with Crippen molar-refractivity contribution in [2.45, 2.75) is 26.3 Å². The third-order valence-electron chi connectivity index (χ3n) is 4.98. The summed E-state index contributed by atoms with van der Waals surface area (Å²) in [5, 5.41) is 7.31. The van der Waals surface area contributed by atoms with Gasteiger partial charge in [-0.2, -0.15) is 0 Å². The maximum absolute atomic E-state index is 12.6. The van der Waals surface area contributed by atoms with Gasteiger partial charge in [-0.05, 0) is 49.9 Å². The Morgan fingerprint density at radius 2 is 2.13 bits per heavy atom. The lowest BCUT2D eigenvalue weighted by Crippen LogP contribution is -2.32. The van der Waals surface area contributed by atoms with Crippen LogP contribution in [-0.2, 0) is 4.74 Å². The van der Waals surface area contributed by atoms with Crippen molar-refractivity contribution in [3.05, 3.63) is 53.0 Å². The normalized spacial score (nSPS) is 15.9. The van der Waals surface area contributed by atoms with Gasteiger partial charge in [0.1, 0.15) is 5.82 Å². The van der Waals surface area contributed by atoms with E-state index < -0.39 is 0 Å². The van der Waals surface area contributed by atoms with Crippen LogP contribution in [0.25, 0.3) is 10.1 Å².